The fraction of sp³-hybridized carbons (Fsp3) is 0.643. The number of aryl methyl sites for hydroxylation is 1. The molecule has 0 bridgehead atoms. The smallest absolute Gasteiger partial charge is 0.246 e. The van der Waals surface area contributed by atoms with E-state index in [2.05, 4.69) is 17.2 Å². The van der Waals surface area contributed by atoms with Crippen LogP contribution in [0.15, 0.2) is 6.20 Å². The molecule has 0 aromatic carbocycles. The first kappa shape index (κ1) is 15.0. The van der Waals surface area contributed by atoms with Gasteiger partial charge in [0.2, 0.25) is 11.8 Å². The number of carbonyl (C=O) groups is 2. The van der Waals surface area contributed by atoms with Crippen LogP contribution in [0.25, 0.3) is 0 Å². The predicted molar refractivity (Wildman–Crippen MR) is 78.3 cm³/mol. The number of hydrogen-bond acceptors (Lipinski definition) is 4. The lowest BCUT2D eigenvalue weighted by molar-refractivity contribution is -0.145. The molecule has 1 saturated heterocycles. The van der Waals surface area contributed by atoms with E-state index in [9.17, 15) is 9.59 Å². The highest BCUT2D eigenvalue weighted by atomic mass is 32.1. The summed E-state index contributed by atoms with van der Waals surface area (Å²) in [4.78, 5) is 31.3. The van der Waals surface area contributed by atoms with E-state index in [0.717, 1.165) is 11.4 Å². The number of thiazole rings is 1. The van der Waals surface area contributed by atoms with Crippen molar-refractivity contribution in [3.8, 4) is 0 Å². The largest absolute Gasteiger partial charge is 0.343 e. The number of aromatic nitrogens is 1. The molecule has 1 aliphatic rings. The number of nitrogens with zero attached hydrogens (tertiary/aromatic N) is 2. The average molecular weight is 295 g/mol. The van der Waals surface area contributed by atoms with E-state index >= 15 is 0 Å². The SMILES string of the molecule is CCc1cnc(CN2CC(=O)NC(CC(C)C)C2=O)s1. The van der Waals surface area contributed by atoms with Crippen LogP contribution < -0.4 is 5.32 Å². The molecule has 1 unspecified atom stereocenters. The van der Waals surface area contributed by atoms with E-state index in [4.69, 9.17) is 0 Å². The quantitative estimate of drug-likeness (QED) is 0.897. The summed E-state index contributed by atoms with van der Waals surface area (Å²) in [5.74, 6) is 0.296. The Morgan fingerprint density at radius 3 is 2.85 bits per heavy atom. The summed E-state index contributed by atoms with van der Waals surface area (Å²) in [6.07, 6.45) is 3.47. The molecule has 2 rings (SSSR count). The zero-order valence-electron chi connectivity index (χ0n) is 12.2. The van der Waals surface area contributed by atoms with Gasteiger partial charge in [0.15, 0.2) is 0 Å². The first-order chi connectivity index (χ1) is 9.49. The van der Waals surface area contributed by atoms with Gasteiger partial charge in [-0.3, -0.25) is 9.59 Å². The van der Waals surface area contributed by atoms with E-state index in [1.807, 2.05) is 20.0 Å². The van der Waals surface area contributed by atoms with Crippen LogP contribution in [0, 0.1) is 5.92 Å². The summed E-state index contributed by atoms with van der Waals surface area (Å²) in [6.45, 7) is 6.74. The molecule has 1 N–H and O–H groups in total. The van der Waals surface area contributed by atoms with Gasteiger partial charge in [-0.2, -0.15) is 0 Å². The number of nitrogens with one attached hydrogen (secondary N) is 1. The Bertz CT molecular complexity index is 498. The molecule has 1 fully saturated rings. The highest BCUT2D eigenvalue weighted by Crippen LogP contribution is 2.18. The summed E-state index contributed by atoms with van der Waals surface area (Å²) >= 11 is 1.61. The monoisotopic (exact) mass is 295 g/mol. The van der Waals surface area contributed by atoms with Crippen molar-refractivity contribution in [1.29, 1.82) is 0 Å². The van der Waals surface area contributed by atoms with Gasteiger partial charge >= 0.3 is 0 Å². The van der Waals surface area contributed by atoms with Crippen molar-refractivity contribution in [2.24, 2.45) is 5.92 Å². The molecule has 0 radical (unpaired) electrons. The molecular formula is C14H21N3O2S. The summed E-state index contributed by atoms with van der Waals surface area (Å²) in [5, 5.41) is 3.68. The summed E-state index contributed by atoms with van der Waals surface area (Å²) in [6, 6.07) is -0.387. The molecule has 0 saturated carbocycles. The predicted octanol–water partition coefficient (Wildman–Crippen LogP) is 1.58. The second-order valence-electron chi connectivity index (χ2n) is 5.52. The Hall–Kier alpha value is -1.43. The topological polar surface area (TPSA) is 62.3 Å². The average Bonchev–Trinajstić information content (AvgIpc) is 2.82. The highest BCUT2D eigenvalue weighted by Gasteiger charge is 2.33. The second-order valence-corrected chi connectivity index (χ2v) is 6.72. The molecule has 5 nitrogen and oxygen atoms in total. The van der Waals surface area contributed by atoms with E-state index in [0.29, 0.717) is 18.9 Å². The number of hydrogen-bond donors (Lipinski definition) is 1. The molecule has 1 aromatic heterocycles. The van der Waals surface area contributed by atoms with Gasteiger partial charge in [0, 0.05) is 11.1 Å². The molecular weight excluding hydrogens is 274 g/mol. The van der Waals surface area contributed by atoms with Crippen LogP contribution in [-0.4, -0.2) is 34.3 Å². The van der Waals surface area contributed by atoms with Gasteiger partial charge in [-0.1, -0.05) is 20.8 Å². The van der Waals surface area contributed by atoms with Crippen LogP contribution in [0.2, 0.25) is 0 Å². The fourth-order valence-electron chi connectivity index (χ4n) is 2.29. The number of rotatable bonds is 5. The fourth-order valence-corrected chi connectivity index (χ4v) is 3.16. The molecule has 1 atom stereocenters. The first-order valence-electron chi connectivity index (χ1n) is 7.01. The minimum atomic E-state index is -0.387. The lowest BCUT2D eigenvalue weighted by Gasteiger charge is -2.32. The number of piperazine rings is 1. The minimum Gasteiger partial charge on any atom is -0.343 e. The molecule has 20 heavy (non-hydrogen) atoms. The van der Waals surface area contributed by atoms with E-state index < -0.39 is 0 Å². The van der Waals surface area contributed by atoms with Gasteiger partial charge < -0.3 is 10.2 Å². The van der Waals surface area contributed by atoms with Crippen LogP contribution in [0.4, 0.5) is 0 Å². The van der Waals surface area contributed by atoms with E-state index in [-0.39, 0.29) is 24.4 Å². The lowest BCUT2D eigenvalue weighted by Crippen LogP contribution is -2.57. The molecule has 2 amide bonds. The number of carbonyl (C=O) groups excluding carboxylic acids is 2. The van der Waals surface area contributed by atoms with Crippen molar-refractivity contribution >= 4 is 23.2 Å². The van der Waals surface area contributed by atoms with Crippen LogP contribution in [-0.2, 0) is 22.6 Å². The van der Waals surface area contributed by atoms with Gasteiger partial charge in [0.05, 0.1) is 6.54 Å². The molecule has 0 aliphatic carbocycles. The standard InChI is InChI=1S/C14H21N3O2S/c1-4-10-6-15-13(20-10)8-17-7-12(18)16-11(14(17)19)5-9(2)3/h6,9,11H,4-5,7-8H2,1-3H3,(H,16,18). The highest BCUT2D eigenvalue weighted by molar-refractivity contribution is 7.11. The van der Waals surface area contributed by atoms with Gasteiger partial charge in [-0.05, 0) is 18.8 Å². The van der Waals surface area contributed by atoms with Crippen molar-refractivity contribution in [1.82, 2.24) is 15.2 Å². The van der Waals surface area contributed by atoms with Crippen molar-refractivity contribution in [3.05, 3.63) is 16.1 Å². The first-order valence-corrected chi connectivity index (χ1v) is 7.83. The Kier molecular flexibility index (Phi) is 4.75. The number of amides is 2. The van der Waals surface area contributed by atoms with Crippen molar-refractivity contribution < 1.29 is 9.59 Å². The van der Waals surface area contributed by atoms with Gasteiger partial charge in [-0.15, -0.1) is 11.3 Å². The normalized spacial score (nSPS) is 19.6. The molecule has 2 heterocycles. The maximum absolute atomic E-state index is 12.4. The third kappa shape index (κ3) is 3.56. The molecule has 0 spiro atoms. The maximum atomic E-state index is 12.4. The third-order valence-electron chi connectivity index (χ3n) is 3.26. The summed E-state index contributed by atoms with van der Waals surface area (Å²) in [7, 11) is 0. The lowest BCUT2D eigenvalue weighted by atomic mass is 10.0. The van der Waals surface area contributed by atoms with Gasteiger partial charge in [0.1, 0.15) is 17.6 Å². The molecule has 1 aromatic rings. The molecule has 6 heteroatoms. The van der Waals surface area contributed by atoms with Crippen molar-refractivity contribution in [3.63, 3.8) is 0 Å². The molecule has 1 aliphatic heterocycles. The minimum absolute atomic E-state index is 0.00606. The van der Waals surface area contributed by atoms with Gasteiger partial charge in [0.25, 0.3) is 0 Å². The Balaban J connectivity index is 2.05. The van der Waals surface area contributed by atoms with Gasteiger partial charge in [-0.25, -0.2) is 4.98 Å². The van der Waals surface area contributed by atoms with Crippen LogP contribution in [0.1, 0.15) is 37.1 Å². The van der Waals surface area contributed by atoms with Crippen molar-refractivity contribution in [2.45, 2.75) is 46.2 Å². The zero-order chi connectivity index (χ0) is 14.7. The zero-order valence-corrected chi connectivity index (χ0v) is 13.0. The third-order valence-corrected chi connectivity index (χ3v) is 4.39. The van der Waals surface area contributed by atoms with Crippen molar-refractivity contribution in [2.75, 3.05) is 6.54 Å². The van der Waals surface area contributed by atoms with Crippen LogP contribution in [0.5, 0.6) is 0 Å². The summed E-state index contributed by atoms with van der Waals surface area (Å²) in [5.41, 5.74) is 0. The Labute approximate surface area is 123 Å². The Morgan fingerprint density at radius 1 is 1.50 bits per heavy atom. The van der Waals surface area contributed by atoms with E-state index in [1.54, 1.807) is 16.2 Å². The van der Waals surface area contributed by atoms with E-state index in [1.165, 1.54) is 4.88 Å². The maximum Gasteiger partial charge on any atom is 0.246 e. The Morgan fingerprint density at radius 2 is 2.25 bits per heavy atom. The second kappa shape index (κ2) is 6.35. The summed E-state index contributed by atoms with van der Waals surface area (Å²) < 4.78 is 0. The van der Waals surface area contributed by atoms with Crippen LogP contribution in [0.3, 0.4) is 0 Å². The molecule has 110 valence electrons. The van der Waals surface area contributed by atoms with Crippen LogP contribution >= 0.6 is 11.3 Å².